The Morgan fingerprint density at radius 1 is 1.17 bits per heavy atom. The van der Waals surface area contributed by atoms with Gasteiger partial charge in [-0.15, -0.1) is 0 Å². The van der Waals surface area contributed by atoms with Crippen molar-refractivity contribution in [2.45, 2.75) is 44.7 Å². The second-order valence-electron chi connectivity index (χ2n) is 8.58. The summed E-state index contributed by atoms with van der Waals surface area (Å²) >= 11 is 0. The zero-order valence-corrected chi connectivity index (χ0v) is 18.0. The van der Waals surface area contributed by atoms with Gasteiger partial charge >= 0.3 is 0 Å². The van der Waals surface area contributed by atoms with E-state index in [1.54, 1.807) is 7.11 Å². The van der Waals surface area contributed by atoms with Gasteiger partial charge in [-0.05, 0) is 61.1 Å². The summed E-state index contributed by atoms with van der Waals surface area (Å²) in [6.07, 6.45) is 1.83. The molecule has 2 aromatic rings. The molecular weight excluding hydrogens is 378 g/mol. The van der Waals surface area contributed by atoms with Crippen LogP contribution in [0.25, 0.3) is 0 Å². The second-order valence-corrected chi connectivity index (χ2v) is 8.58. The maximum absolute atomic E-state index is 11.1. The lowest BCUT2D eigenvalue weighted by Gasteiger charge is -2.46. The number of fused-ring (bicyclic) bond motifs is 3. The van der Waals surface area contributed by atoms with E-state index >= 15 is 0 Å². The Labute approximate surface area is 178 Å². The highest BCUT2D eigenvalue weighted by molar-refractivity contribution is 5.75. The number of methoxy groups -OCH3 is 1. The first-order valence-corrected chi connectivity index (χ1v) is 10.6. The quantitative estimate of drug-likeness (QED) is 0.792. The molecule has 0 bridgehead atoms. The van der Waals surface area contributed by atoms with Crippen molar-refractivity contribution in [1.82, 2.24) is 4.90 Å². The zero-order valence-electron chi connectivity index (χ0n) is 18.0. The van der Waals surface area contributed by atoms with Crippen molar-refractivity contribution < 1.29 is 14.3 Å². The third-order valence-corrected chi connectivity index (χ3v) is 6.54. The number of hydrogen-bond acceptors (Lipinski definition) is 5. The molecule has 6 nitrogen and oxygen atoms in total. The number of piperidine rings is 1. The highest BCUT2D eigenvalue weighted by Crippen LogP contribution is 2.44. The van der Waals surface area contributed by atoms with Crippen molar-refractivity contribution in [3.8, 4) is 11.5 Å². The van der Waals surface area contributed by atoms with E-state index in [0.717, 1.165) is 25.9 Å². The lowest BCUT2D eigenvalue weighted by Crippen LogP contribution is -2.49. The van der Waals surface area contributed by atoms with Crippen LogP contribution in [0.2, 0.25) is 0 Å². The maximum Gasteiger partial charge on any atom is 0.255 e. The molecule has 0 radical (unpaired) electrons. The lowest BCUT2D eigenvalue weighted by molar-refractivity contribution is -0.119. The van der Waals surface area contributed by atoms with Crippen molar-refractivity contribution in [3.05, 3.63) is 58.1 Å². The predicted molar refractivity (Wildman–Crippen MR) is 117 cm³/mol. The number of primary amides is 1. The number of amides is 1. The number of carbonyl (C=O) groups is 1. The monoisotopic (exact) mass is 409 g/mol. The first-order valence-electron chi connectivity index (χ1n) is 10.6. The molecule has 0 aromatic heterocycles. The number of nitrogens with two attached hydrogens (primary N) is 2. The minimum atomic E-state index is -0.503. The van der Waals surface area contributed by atoms with Gasteiger partial charge in [-0.1, -0.05) is 23.8 Å². The topological polar surface area (TPSA) is 90.8 Å². The van der Waals surface area contributed by atoms with Crippen molar-refractivity contribution in [1.29, 1.82) is 0 Å². The van der Waals surface area contributed by atoms with Gasteiger partial charge in [-0.2, -0.15) is 0 Å². The SMILES string of the molecule is COc1cc2c(cc1OCC(N)=O)CCN1CC(c3cc(C)ccc3C)C(N)CC21. The van der Waals surface area contributed by atoms with Gasteiger partial charge in [0, 0.05) is 31.1 Å². The van der Waals surface area contributed by atoms with Crippen LogP contribution >= 0.6 is 0 Å². The summed E-state index contributed by atoms with van der Waals surface area (Å²) in [6, 6.07) is 11.1. The first kappa shape index (κ1) is 20.7. The molecule has 1 saturated heterocycles. The van der Waals surface area contributed by atoms with Crippen LogP contribution in [0.5, 0.6) is 11.5 Å². The Morgan fingerprint density at radius 3 is 2.70 bits per heavy atom. The molecule has 6 heteroatoms. The van der Waals surface area contributed by atoms with Gasteiger partial charge in [0.1, 0.15) is 0 Å². The van der Waals surface area contributed by atoms with Gasteiger partial charge in [0.05, 0.1) is 7.11 Å². The third-order valence-electron chi connectivity index (χ3n) is 6.54. The van der Waals surface area contributed by atoms with E-state index in [0.29, 0.717) is 17.4 Å². The van der Waals surface area contributed by atoms with E-state index in [4.69, 9.17) is 20.9 Å². The molecule has 0 saturated carbocycles. The normalized spacial score (nSPS) is 23.4. The number of rotatable bonds is 5. The molecule has 2 aromatic carbocycles. The first-order chi connectivity index (χ1) is 14.4. The number of carbonyl (C=O) groups excluding carboxylic acids is 1. The van der Waals surface area contributed by atoms with Gasteiger partial charge < -0.3 is 20.9 Å². The average Bonchev–Trinajstić information content (AvgIpc) is 2.72. The van der Waals surface area contributed by atoms with Crippen LogP contribution in [0, 0.1) is 13.8 Å². The second kappa shape index (κ2) is 8.28. The molecule has 0 spiro atoms. The summed E-state index contributed by atoms with van der Waals surface area (Å²) in [7, 11) is 1.61. The molecular formula is C24H31N3O3. The van der Waals surface area contributed by atoms with Gasteiger partial charge in [0.2, 0.25) is 0 Å². The van der Waals surface area contributed by atoms with Crippen molar-refractivity contribution in [2.24, 2.45) is 11.5 Å². The fourth-order valence-electron chi connectivity index (χ4n) is 4.98. The summed E-state index contributed by atoms with van der Waals surface area (Å²) in [5.41, 5.74) is 18.4. The van der Waals surface area contributed by atoms with E-state index < -0.39 is 5.91 Å². The van der Waals surface area contributed by atoms with E-state index in [2.05, 4.69) is 36.9 Å². The Kier molecular flexibility index (Phi) is 5.71. The molecule has 1 amide bonds. The Hall–Kier alpha value is -2.57. The molecule has 4 rings (SSSR count). The lowest BCUT2D eigenvalue weighted by atomic mass is 9.77. The van der Waals surface area contributed by atoms with E-state index in [9.17, 15) is 4.79 Å². The number of nitrogens with zero attached hydrogens (tertiary/aromatic N) is 1. The van der Waals surface area contributed by atoms with Crippen LogP contribution in [-0.4, -0.2) is 43.7 Å². The molecule has 2 aliphatic heterocycles. The average molecular weight is 410 g/mol. The van der Waals surface area contributed by atoms with Crippen LogP contribution < -0.4 is 20.9 Å². The van der Waals surface area contributed by atoms with E-state index in [1.165, 1.54) is 27.8 Å². The molecule has 3 unspecified atom stereocenters. The van der Waals surface area contributed by atoms with Gasteiger partial charge in [0.15, 0.2) is 18.1 Å². The smallest absolute Gasteiger partial charge is 0.255 e. The Morgan fingerprint density at radius 2 is 1.97 bits per heavy atom. The summed E-state index contributed by atoms with van der Waals surface area (Å²) in [4.78, 5) is 13.7. The molecule has 160 valence electrons. The molecule has 4 N–H and O–H groups in total. The van der Waals surface area contributed by atoms with Crippen molar-refractivity contribution in [3.63, 3.8) is 0 Å². The third kappa shape index (κ3) is 3.89. The summed E-state index contributed by atoms with van der Waals surface area (Å²) in [5, 5.41) is 0. The van der Waals surface area contributed by atoms with Crippen molar-refractivity contribution >= 4 is 5.91 Å². The molecule has 30 heavy (non-hydrogen) atoms. The van der Waals surface area contributed by atoms with E-state index in [-0.39, 0.29) is 18.7 Å². The molecule has 2 aliphatic rings. The summed E-state index contributed by atoms with van der Waals surface area (Å²) in [5.74, 6) is 1.03. The highest BCUT2D eigenvalue weighted by Gasteiger charge is 2.39. The van der Waals surface area contributed by atoms with E-state index in [1.807, 2.05) is 12.1 Å². The molecule has 2 heterocycles. The van der Waals surface area contributed by atoms with Gasteiger partial charge in [-0.25, -0.2) is 0 Å². The number of ether oxygens (including phenoxy) is 2. The van der Waals surface area contributed by atoms with Crippen LogP contribution in [0.1, 0.15) is 46.2 Å². The molecule has 1 fully saturated rings. The van der Waals surface area contributed by atoms with Gasteiger partial charge in [0.25, 0.3) is 5.91 Å². The molecule has 3 atom stereocenters. The van der Waals surface area contributed by atoms with Crippen LogP contribution in [0.15, 0.2) is 30.3 Å². The Bertz CT molecular complexity index is 959. The minimum absolute atomic E-state index is 0.0921. The zero-order chi connectivity index (χ0) is 21.4. The van der Waals surface area contributed by atoms with Crippen LogP contribution in [-0.2, 0) is 11.2 Å². The highest BCUT2D eigenvalue weighted by atomic mass is 16.5. The van der Waals surface area contributed by atoms with Crippen molar-refractivity contribution in [2.75, 3.05) is 26.8 Å². The summed E-state index contributed by atoms with van der Waals surface area (Å²) in [6.45, 7) is 6.09. The number of benzene rings is 2. The summed E-state index contributed by atoms with van der Waals surface area (Å²) < 4.78 is 11.1. The number of aryl methyl sites for hydroxylation is 2. The Balaban J connectivity index is 1.62. The standard InChI is InChI=1S/C24H31N3O3/c1-14-4-5-15(2)17(8-14)19-12-27-7-6-16-9-23(30-13-24(26)28)22(29-3)10-18(16)21(27)11-20(19)25/h4-5,8-10,19-21H,6-7,11-13,25H2,1-3H3,(H2,26,28). The fourth-order valence-corrected chi connectivity index (χ4v) is 4.98. The van der Waals surface area contributed by atoms with Crippen LogP contribution in [0.3, 0.4) is 0 Å². The predicted octanol–water partition coefficient (Wildman–Crippen LogP) is 2.59. The fraction of sp³-hybridized carbons (Fsp3) is 0.458. The maximum atomic E-state index is 11.1. The van der Waals surface area contributed by atoms with Gasteiger partial charge in [-0.3, -0.25) is 9.69 Å². The van der Waals surface area contributed by atoms with Crippen LogP contribution in [0.4, 0.5) is 0 Å². The minimum Gasteiger partial charge on any atom is -0.493 e. The number of hydrogen-bond donors (Lipinski definition) is 2. The molecule has 0 aliphatic carbocycles. The largest absolute Gasteiger partial charge is 0.493 e.